The molecule has 0 aromatic rings. The lowest BCUT2D eigenvalue weighted by Crippen LogP contribution is -2.62. The maximum Gasteiger partial charge on any atom is 0.327 e. The van der Waals surface area contributed by atoms with Gasteiger partial charge in [0.1, 0.15) is 6.04 Å². The average molecular weight is 321 g/mol. The lowest BCUT2D eigenvalue weighted by molar-refractivity contribution is -0.142. The zero-order valence-corrected chi connectivity index (χ0v) is 13.3. The second kappa shape index (κ2) is 4.97. The van der Waals surface area contributed by atoms with Gasteiger partial charge >= 0.3 is 12.0 Å². The van der Waals surface area contributed by atoms with Gasteiger partial charge in [-0.25, -0.2) is 14.6 Å². The summed E-state index contributed by atoms with van der Waals surface area (Å²) in [6.07, 6.45) is 1.06. The number of guanidine groups is 1. The van der Waals surface area contributed by atoms with Gasteiger partial charge in [0, 0.05) is 18.9 Å². The van der Waals surface area contributed by atoms with E-state index in [-0.39, 0.29) is 5.92 Å². The van der Waals surface area contributed by atoms with Crippen molar-refractivity contribution in [1.29, 1.82) is 0 Å². The molecule has 3 aliphatic heterocycles. The number of carbonyl (C=O) groups excluding carboxylic acids is 2. The number of urea groups is 1. The Balaban J connectivity index is 2.01. The van der Waals surface area contributed by atoms with E-state index in [1.54, 1.807) is 30.0 Å². The molecule has 9 nitrogen and oxygen atoms in total. The van der Waals surface area contributed by atoms with Gasteiger partial charge in [0.25, 0.3) is 5.91 Å². The van der Waals surface area contributed by atoms with Gasteiger partial charge < -0.3 is 19.8 Å². The molecule has 0 radical (unpaired) electrons. The lowest BCUT2D eigenvalue weighted by atomic mass is 10.0. The highest BCUT2D eigenvalue weighted by Gasteiger charge is 2.53. The zero-order valence-electron chi connectivity index (χ0n) is 13.3. The van der Waals surface area contributed by atoms with E-state index < -0.39 is 36.2 Å². The van der Waals surface area contributed by atoms with Crippen molar-refractivity contribution in [2.45, 2.75) is 39.0 Å². The molecule has 1 saturated heterocycles. The average Bonchev–Trinajstić information content (AvgIpc) is 2.93. The fraction of sp³-hybridized carbons (Fsp3) is 0.571. The molecule has 0 aliphatic carbocycles. The van der Waals surface area contributed by atoms with Crippen LogP contribution in [0.4, 0.5) is 4.79 Å². The fourth-order valence-electron chi connectivity index (χ4n) is 3.25. The molecule has 0 aromatic heterocycles. The maximum atomic E-state index is 12.2. The summed E-state index contributed by atoms with van der Waals surface area (Å²) in [7, 11) is 1.56. The number of carboxylic acid groups (broad SMARTS) is 1. The van der Waals surface area contributed by atoms with E-state index >= 15 is 0 Å². The van der Waals surface area contributed by atoms with Crippen LogP contribution in [0.25, 0.3) is 0 Å². The standard InChI is InChI=1S/C14H19N5O4/c1-6(2)8(12(21)22)19-7(3)5-18-9-10(15-13(18)19)17(4)14(23)16-11(9)20/h5-6,8-10H,1-4H3,(H,21,22)(H,16,20,23). The first-order chi connectivity index (χ1) is 10.7. The number of hydrogen-bond donors (Lipinski definition) is 2. The number of aliphatic imine (C=N–C) groups is 1. The Labute approximate surface area is 133 Å². The van der Waals surface area contributed by atoms with Crippen LogP contribution in [-0.2, 0) is 9.59 Å². The molecule has 0 aromatic carbocycles. The number of rotatable bonds is 3. The number of imide groups is 1. The molecule has 0 spiro atoms. The van der Waals surface area contributed by atoms with E-state index in [9.17, 15) is 19.5 Å². The minimum Gasteiger partial charge on any atom is -0.480 e. The van der Waals surface area contributed by atoms with Gasteiger partial charge in [-0.1, -0.05) is 13.8 Å². The summed E-state index contributed by atoms with van der Waals surface area (Å²) in [5.74, 6) is -1.15. The molecule has 0 bridgehead atoms. The highest BCUT2D eigenvalue weighted by atomic mass is 16.4. The number of nitrogens with one attached hydrogen (secondary N) is 1. The predicted octanol–water partition coefficient (Wildman–Crippen LogP) is -0.180. The Morgan fingerprint density at radius 1 is 1.39 bits per heavy atom. The van der Waals surface area contributed by atoms with Gasteiger partial charge in [0.05, 0.1) is 0 Å². The number of amides is 3. The molecule has 3 aliphatic rings. The monoisotopic (exact) mass is 321 g/mol. The topological polar surface area (TPSA) is 106 Å². The van der Waals surface area contributed by atoms with Crippen molar-refractivity contribution in [2.75, 3.05) is 7.05 Å². The number of nitrogens with zero attached hydrogens (tertiary/aromatic N) is 4. The Morgan fingerprint density at radius 3 is 2.61 bits per heavy atom. The molecule has 3 heterocycles. The van der Waals surface area contributed by atoms with Crippen LogP contribution in [0.3, 0.4) is 0 Å². The number of hydrogen-bond acceptors (Lipinski definition) is 6. The van der Waals surface area contributed by atoms with Crippen molar-refractivity contribution in [1.82, 2.24) is 20.0 Å². The quantitative estimate of drug-likeness (QED) is 0.747. The molecule has 0 saturated carbocycles. The molecule has 23 heavy (non-hydrogen) atoms. The summed E-state index contributed by atoms with van der Waals surface area (Å²) in [5, 5.41) is 11.8. The summed E-state index contributed by atoms with van der Waals surface area (Å²) in [5.41, 5.74) is 0.704. The minimum atomic E-state index is -0.957. The number of carbonyl (C=O) groups is 3. The second-order valence-corrected chi connectivity index (χ2v) is 6.27. The van der Waals surface area contributed by atoms with Crippen LogP contribution in [0, 0.1) is 5.92 Å². The summed E-state index contributed by atoms with van der Waals surface area (Å²) in [6, 6.07) is -1.97. The first-order valence-electron chi connectivity index (χ1n) is 7.38. The predicted molar refractivity (Wildman–Crippen MR) is 80.0 cm³/mol. The van der Waals surface area contributed by atoms with E-state index in [4.69, 9.17) is 0 Å². The van der Waals surface area contributed by atoms with E-state index in [1.807, 2.05) is 13.8 Å². The van der Waals surface area contributed by atoms with E-state index in [0.29, 0.717) is 11.7 Å². The van der Waals surface area contributed by atoms with Crippen LogP contribution in [0.15, 0.2) is 16.9 Å². The van der Waals surface area contributed by atoms with Gasteiger partial charge in [-0.15, -0.1) is 0 Å². The normalized spacial score (nSPS) is 27.6. The molecule has 3 rings (SSSR count). The summed E-state index contributed by atoms with van der Waals surface area (Å²) < 4.78 is 0. The molecule has 2 N–H and O–H groups in total. The smallest absolute Gasteiger partial charge is 0.327 e. The minimum absolute atomic E-state index is 0.158. The van der Waals surface area contributed by atoms with Crippen molar-refractivity contribution < 1.29 is 19.5 Å². The second-order valence-electron chi connectivity index (χ2n) is 6.27. The maximum absolute atomic E-state index is 12.2. The largest absolute Gasteiger partial charge is 0.480 e. The summed E-state index contributed by atoms with van der Waals surface area (Å²) in [4.78, 5) is 44.7. The van der Waals surface area contributed by atoms with E-state index in [1.165, 1.54) is 4.90 Å². The number of likely N-dealkylation sites (N-methyl/N-ethyl adjacent to an activating group) is 1. The van der Waals surface area contributed by atoms with Crippen molar-refractivity contribution in [2.24, 2.45) is 10.9 Å². The molecule has 1 fully saturated rings. The Morgan fingerprint density at radius 2 is 2.04 bits per heavy atom. The zero-order chi connectivity index (χ0) is 17.0. The number of aliphatic carboxylic acids is 1. The molecule has 3 atom stereocenters. The number of allylic oxidation sites excluding steroid dienone is 1. The first kappa shape index (κ1) is 15.3. The molecule has 124 valence electrons. The lowest BCUT2D eigenvalue weighted by Gasteiger charge is -2.34. The van der Waals surface area contributed by atoms with Crippen LogP contribution >= 0.6 is 0 Å². The SMILES string of the molecule is CC1=CN2C(=NC3C2C(=O)NC(=O)N3C)N1C(C(=O)O)C(C)C. The van der Waals surface area contributed by atoms with Crippen molar-refractivity contribution >= 4 is 23.9 Å². The fourth-order valence-corrected chi connectivity index (χ4v) is 3.25. The van der Waals surface area contributed by atoms with Crippen LogP contribution < -0.4 is 5.32 Å². The van der Waals surface area contributed by atoms with Crippen molar-refractivity contribution in [3.05, 3.63) is 11.9 Å². The highest BCUT2D eigenvalue weighted by molar-refractivity contribution is 6.05. The summed E-state index contributed by atoms with van der Waals surface area (Å²) in [6.45, 7) is 5.42. The number of carboxylic acids is 1. The van der Waals surface area contributed by atoms with E-state index in [0.717, 1.165) is 0 Å². The molecule has 9 heteroatoms. The van der Waals surface area contributed by atoms with Crippen molar-refractivity contribution in [3.8, 4) is 0 Å². The van der Waals surface area contributed by atoms with Crippen LogP contribution in [-0.4, -0.2) is 69.0 Å². The molecular formula is C14H19N5O4. The third-order valence-corrected chi connectivity index (χ3v) is 4.36. The van der Waals surface area contributed by atoms with Gasteiger partial charge in [-0.05, 0) is 12.8 Å². The first-order valence-corrected chi connectivity index (χ1v) is 7.38. The van der Waals surface area contributed by atoms with Gasteiger partial charge in [0.2, 0.25) is 5.96 Å². The van der Waals surface area contributed by atoms with Gasteiger partial charge in [-0.2, -0.15) is 0 Å². The third kappa shape index (κ3) is 2.07. The van der Waals surface area contributed by atoms with Gasteiger partial charge in [-0.3, -0.25) is 10.1 Å². The Hall–Kier alpha value is -2.58. The molecule has 3 amide bonds. The van der Waals surface area contributed by atoms with Gasteiger partial charge in [0.15, 0.2) is 12.2 Å². The van der Waals surface area contributed by atoms with Crippen LogP contribution in [0.1, 0.15) is 20.8 Å². The van der Waals surface area contributed by atoms with E-state index in [2.05, 4.69) is 10.3 Å². The molecule has 3 unspecified atom stereocenters. The third-order valence-electron chi connectivity index (χ3n) is 4.36. The Kier molecular flexibility index (Phi) is 3.31. The van der Waals surface area contributed by atoms with Crippen molar-refractivity contribution in [3.63, 3.8) is 0 Å². The number of fused-ring (bicyclic) bond motifs is 3. The van der Waals surface area contributed by atoms with Crippen LogP contribution in [0.2, 0.25) is 0 Å². The molecular weight excluding hydrogens is 302 g/mol. The summed E-state index contributed by atoms with van der Waals surface area (Å²) >= 11 is 0. The van der Waals surface area contributed by atoms with Crippen LogP contribution in [0.5, 0.6) is 0 Å². The Bertz CT molecular complexity index is 656. The highest BCUT2D eigenvalue weighted by Crippen LogP contribution is 2.34.